The predicted octanol–water partition coefficient (Wildman–Crippen LogP) is 2.74. The number of ether oxygens (including phenoxy) is 1. The van der Waals surface area contributed by atoms with E-state index in [1.54, 1.807) is 24.1 Å². The third-order valence-corrected chi connectivity index (χ3v) is 10.9. The lowest BCUT2D eigenvalue weighted by atomic mass is 9.45. The van der Waals surface area contributed by atoms with Gasteiger partial charge in [0.25, 0.3) is 11.8 Å². The van der Waals surface area contributed by atoms with Crippen molar-refractivity contribution >= 4 is 17.7 Å². The minimum absolute atomic E-state index is 0.0222. The molecule has 11 nitrogen and oxygen atoms in total. The van der Waals surface area contributed by atoms with Gasteiger partial charge < -0.3 is 30.9 Å². The van der Waals surface area contributed by atoms with Crippen LogP contribution in [0, 0.1) is 29.1 Å². The molecule has 3 saturated carbocycles. The Morgan fingerprint density at radius 3 is 2.26 bits per heavy atom. The molecule has 3 amide bonds. The number of hydrogen-bond donors (Lipinski definition) is 5. The van der Waals surface area contributed by atoms with Gasteiger partial charge in [0.15, 0.2) is 0 Å². The fourth-order valence-electron chi connectivity index (χ4n) is 8.16. The Labute approximate surface area is 271 Å². The second kappa shape index (κ2) is 13.3. The maximum absolute atomic E-state index is 14.1. The Hall–Kier alpha value is -3.51. The molecule has 8 atom stereocenters. The number of nitrogens with zero attached hydrogens (tertiary/aromatic N) is 1. The lowest BCUT2D eigenvalue weighted by Gasteiger charge is -2.62. The van der Waals surface area contributed by atoms with E-state index < -0.39 is 24.2 Å². The number of aliphatic hydroxyl groups is 2. The van der Waals surface area contributed by atoms with E-state index in [4.69, 9.17) is 9.57 Å². The number of carbonyl (C=O) groups is 3. The van der Waals surface area contributed by atoms with Crippen molar-refractivity contribution in [2.75, 3.05) is 27.8 Å². The molecule has 46 heavy (non-hydrogen) atoms. The van der Waals surface area contributed by atoms with Gasteiger partial charge in [-0.2, -0.15) is 5.06 Å². The highest BCUT2D eigenvalue weighted by Gasteiger charge is 2.57. The molecule has 4 fully saturated rings. The van der Waals surface area contributed by atoms with Crippen molar-refractivity contribution in [3.05, 3.63) is 53.1 Å². The molecule has 0 aromatic heterocycles. The van der Waals surface area contributed by atoms with Crippen molar-refractivity contribution in [2.45, 2.75) is 71.4 Å². The van der Waals surface area contributed by atoms with E-state index in [0.717, 1.165) is 6.42 Å². The molecule has 1 saturated heterocycles. The third kappa shape index (κ3) is 6.01. The molecule has 6 rings (SSSR count). The smallest absolute Gasteiger partial charge is 0.251 e. The van der Waals surface area contributed by atoms with E-state index in [2.05, 4.69) is 36.7 Å². The zero-order valence-corrected chi connectivity index (χ0v) is 27.8. The number of carbonyl (C=O) groups excluding carboxylic acids is 3. The van der Waals surface area contributed by atoms with Crippen molar-refractivity contribution in [3.63, 3.8) is 0 Å². The summed E-state index contributed by atoms with van der Waals surface area (Å²) < 4.78 is 5.91. The first-order valence-corrected chi connectivity index (χ1v) is 16.1. The Morgan fingerprint density at radius 2 is 1.74 bits per heavy atom. The molecule has 5 N–H and O–H groups in total. The molecular formula is C35H48N4O7. The molecule has 2 bridgehead atoms. The van der Waals surface area contributed by atoms with Gasteiger partial charge in [0.05, 0.1) is 26.4 Å². The number of hydrogen-bond acceptors (Lipinski definition) is 8. The van der Waals surface area contributed by atoms with E-state index in [9.17, 15) is 24.6 Å². The molecule has 4 aliphatic rings. The summed E-state index contributed by atoms with van der Waals surface area (Å²) in [5, 5.41) is 31.1. The average Bonchev–Trinajstić information content (AvgIpc) is 3.42. The topological polar surface area (TPSA) is 149 Å². The normalized spacial score (nSPS) is 28.9. The monoisotopic (exact) mass is 636 g/mol. The predicted molar refractivity (Wildman–Crippen MR) is 173 cm³/mol. The molecule has 250 valence electrons. The van der Waals surface area contributed by atoms with Crippen LogP contribution < -0.4 is 20.7 Å². The molecule has 2 aromatic carbocycles. The number of nitrogens with one attached hydrogen (secondary N) is 3. The summed E-state index contributed by atoms with van der Waals surface area (Å²) in [5.74, 6) is 0.327. The first kappa shape index (κ1) is 33.8. The minimum atomic E-state index is -0.919. The van der Waals surface area contributed by atoms with Crippen molar-refractivity contribution in [3.8, 4) is 16.9 Å². The second-order valence-electron chi connectivity index (χ2n) is 13.7. The summed E-state index contributed by atoms with van der Waals surface area (Å²) in [6.45, 7) is 8.22. The maximum Gasteiger partial charge on any atom is 0.251 e. The highest BCUT2D eigenvalue weighted by molar-refractivity contribution is 6.01. The van der Waals surface area contributed by atoms with Crippen LogP contribution in [0.15, 0.2) is 36.4 Å². The first-order chi connectivity index (χ1) is 21.9. The van der Waals surface area contributed by atoms with Crippen molar-refractivity contribution in [1.29, 1.82) is 0 Å². The van der Waals surface area contributed by atoms with Crippen molar-refractivity contribution in [1.82, 2.24) is 21.0 Å². The number of fused-ring (bicyclic) bond motifs is 2. The average molecular weight is 637 g/mol. The zero-order chi connectivity index (χ0) is 33.5. The van der Waals surface area contributed by atoms with Crippen molar-refractivity contribution in [2.24, 2.45) is 29.1 Å². The summed E-state index contributed by atoms with van der Waals surface area (Å²) in [4.78, 5) is 45.5. The molecule has 11 heteroatoms. The van der Waals surface area contributed by atoms with Crippen LogP contribution in [0.25, 0.3) is 11.1 Å². The van der Waals surface area contributed by atoms with Crippen LogP contribution in [0.5, 0.6) is 5.75 Å². The number of amides is 3. The van der Waals surface area contributed by atoms with Crippen LogP contribution >= 0.6 is 0 Å². The standard InChI is InChI=1S/C35H48N4O7/c1-18-26-14-24(35(26,3)4)15-27(18)38-34(44)30-29(19(2)41)28(17-40)46-39(30)16-20-9-8-10-25(31(20)45-7)21-11-22(32(42)36-5)13-23(12-21)33(43)37-6/h8-13,18-19,24,26-30,40-41H,14-17H2,1-7H3,(H,36,42)(H,37,43)(H,38,44)/t18-,19-,24+,26+,27-,28-,29+,30-/m0/s1. The molecule has 1 heterocycles. The Balaban J connectivity index is 1.47. The lowest BCUT2D eigenvalue weighted by molar-refractivity contribution is -0.183. The molecule has 1 aliphatic heterocycles. The summed E-state index contributed by atoms with van der Waals surface area (Å²) >= 11 is 0. The van der Waals surface area contributed by atoms with Crippen LogP contribution in [0.1, 0.15) is 66.8 Å². The highest BCUT2D eigenvalue weighted by Crippen LogP contribution is 2.61. The molecule has 0 unspecified atom stereocenters. The van der Waals surface area contributed by atoms with Gasteiger partial charge in [0.1, 0.15) is 17.9 Å². The van der Waals surface area contributed by atoms with E-state index in [0.29, 0.717) is 51.3 Å². The summed E-state index contributed by atoms with van der Waals surface area (Å²) in [6.07, 6.45) is 0.406. The van der Waals surface area contributed by atoms with Crippen LogP contribution in [-0.4, -0.2) is 85.1 Å². The fraction of sp³-hybridized carbons (Fsp3) is 0.571. The minimum Gasteiger partial charge on any atom is -0.496 e. The van der Waals surface area contributed by atoms with Gasteiger partial charge in [-0.15, -0.1) is 0 Å². The van der Waals surface area contributed by atoms with Gasteiger partial charge in [-0.3, -0.25) is 19.2 Å². The van der Waals surface area contributed by atoms with E-state index in [1.165, 1.54) is 33.7 Å². The Kier molecular flexibility index (Phi) is 9.79. The van der Waals surface area contributed by atoms with Crippen LogP contribution in [0.4, 0.5) is 0 Å². The van der Waals surface area contributed by atoms with Crippen molar-refractivity contribution < 1.29 is 34.2 Å². The van der Waals surface area contributed by atoms with Crippen LogP contribution in [0.2, 0.25) is 0 Å². The van der Waals surface area contributed by atoms with Gasteiger partial charge in [-0.05, 0) is 66.7 Å². The first-order valence-electron chi connectivity index (χ1n) is 16.1. The van der Waals surface area contributed by atoms with Crippen LogP contribution in [-0.2, 0) is 16.2 Å². The Bertz CT molecular complexity index is 1440. The summed E-state index contributed by atoms with van der Waals surface area (Å²) in [5.41, 5.74) is 2.82. The molecular weight excluding hydrogens is 588 g/mol. The van der Waals surface area contributed by atoms with Gasteiger partial charge >= 0.3 is 0 Å². The maximum atomic E-state index is 14.1. The van der Waals surface area contributed by atoms with Crippen LogP contribution in [0.3, 0.4) is 0 Å². The molecule has 3 aliphatic carbocycles. The number of rotatable bonds is 10. The van der Waals surface area contributed by atoms with Gasteiger partial charge in [-0.25, -0.2) is 0 Å². The number of hydroxylamine groups is 2. The quantitative estimate of drug-likeness (QED) is 0.267. The number of methoxy groups -OCH3 is 1. The largest absolute Gasteiger partial charge is 0.496 e. The van der Waals surface area contributed by atoms with Gasteiger partial charge in [-0.1, -0.05) is 39.0 Å². The number of para-hydroxylation sites is 1. The zero-order valence-electron chi connectivity index (χ0n) is 27.8. The molecule has 2 aromatic rings. The number of benzene rings is 2. The van der Waals surface area contributed by atoms with Gasteiger partial charge in [0, 0.05) is 48.3 Å². The molecule has 0 radical (unpaired) electrons. The van der Waals surface area contributed by atoms with E-state index in [1.807, 2.05) is 18.2 Å². The summed E-state index contributed by atoms with van der Waals surface area (Å²) in [7, 11) is 4.58. The summed E-state index contributed by atoms with van der Waals surface area (Å²) in [6, 6.07) is 9.59. The fourth-order valence-corrected chi connectivity index (χ4v) is 8.16. The molecule has 0 spiro atoms. The highest BCUT2D eigenvalue weighted by atomic mass is 16.7. The Morgan fingerprint density at radius 1 is 1.09 bits per heavy atom. The number of aliphatic hydroxyl groups excluding tert-OH is 2. The van der Waals surface area contributed by atoms with Gasteiger partial charge in [0.2, 0.25) is 5.91 Å². The lowest BCUT2D eigenvalue weighted by Crippen LogP contribution is -2.62. The second-order valence-corrected chi connectivity index (χ2v) is 13.7. The van der Waals surface area contributed by atoms with E-state index in [-0.39, 0.29) is 42.3 Å². The SMILES string of the molecule is CNC(=O)c1cc(C(=O)NC)cc(-c2cccc(CN3O[C@@H](CO)[C@@H]([C@H](C)O)[C@H]3C(=O)N[C@H]3C[C@H]4C[C@H]([C@@H]3C)C4(C)C)c2OC)c1. The third-order valence-electron chi connectivity index (χ3n) is 10.9. The van der Waals surface area contributed by atoms with E-state index >= 15 is 0 Å².